The Morgan fingerprint density at radius 3 is 1.69 bits per heavy atom. The molecule has 0 unspecified atom stereocenters. The molecule has 0 aromatic rings. The number of nitrogens with one attached hydrogen (secondary N) is 4. The number of amides is 3. The zero-order valence-corrected chi connectivity index (χ0v) is 29.3. The van der Waals surface area contributed by atoms with Gasteiger partial charge in [0.2, 0.25) is 17.7 Å². The molecule has 2 atom stereocenters. The second kappa shape index (κ2) is 31.2. The van der Waals surface area contributed by atoms with Crippen molar-refractivity contribution >= 4 is 35.4 Å². The summed E-state index contributed by atoms with van der Waals surface area (Å²) >= 11 is 0. The molecule has 278 valence electrons. The maximum atomic E-state index is 12.2. The number of rotatable bonds is 34. The van der Waals surface area contributed by atoms with E-state index in [1.807, 2.05) is 0 Å². The number of hydrogen-bond acceptors (Lipinski definition) is 9. The van der Waals surface area contributed by atoms with Crippen LogP contribution in [0.1, 0.15) is 122 Å². The number of aliphatic carboxylic acids is 2. The summed E-state index contributed by atoms with van der Waals surface area (Å²) in [4.78, 5) is 69.6. The Labute approximate surface area is 286 Å². The van der Waals surface area contributed by atoms with Gasteiger partial charge < -0.3 is 41.0 Å². The van der Waals surface area contributed by atoms with Crippen molar-refractivity contribution in [3.63, 3.8) is 0 Å². The van der Waals surface area contributed by atoms with Crippen LogP contribution in [0.25, 0.3) is 0 Å². The monoisotopic (exact) mass is 686 g/mol. The second-order valence-corrected chi connectivity index (χ2v) is 12.1. The summed E-state index contributed by atoms with van der Waals surface area (Å²) in [6.07, 6.45) is 13.8. The van der Waals surface area contributed by atoms with Crippen LogP contribution in [0.5, 0.6) is 0 Å². The largest absolute Gasteiger partial charge is 0.481 e. The quantitative estimate of drug-likeness (QED) is 0.0542. The first-order valence-electron chi connectivity index (χ1n) is 17.7. The van der Waals surface area contributed by atoms with Gasteiger partial charge in [-0.2, -0.15) is 0 Å². The van der Waals surface area contributed by atoms with Crippen molar-refractivity contribution in [1.82, 2.24) is 21.3 Å². The Kier molecular flexibility index (Phi) is 29.2. The lowest BCUT2D eigenvalue weighted by molar-refractivity contribution is -0.142. The molecule has 0 aliphatic heterocycles. The van der Waals surface area contributed by atoms with Crippen LogP contribution >= 0.6 is 0 Å². The van der Waals surface area contributed by atoms with Crippen LogP contribution in [0.2, 0.25) is 0 Å². The standard InChI is InChI=1S/C34H62N4O10/c1-27(39)28(35-2)16-14-15-21-36-32(42)26-48-25-24-47-23-22-37-30(40)20-19-29(34(45)46)38-31(41)17-12-10-8-6-4-3-5-7-9-11-13-18-33(43)44/h28-29,35H,3-26H2,1-2H3,(H,36,42)(H,37,40)(H,38,41)(H,43,44)(H,45,46)/t28-,29-/m0/s1. The highest BCUT2D eigenvalue weighted by Crippen LogP contribution is 2.13. The summed E-state index contributed by atoms with van der Waals surface area (Å²) in [5.41, 5.74) is 0. The summed E-state index contributed by atoms with van der Waals surface area (Å²) in [7, 11) is 1.75. The van der Waals surface area contributed by atoms with E-state index in [2.05, 4.69) is 21.3 Å². The molecule has 0 fully saturated rings. The highest BCUT2D eigenvalue weighted by atomic mass is 16.5. The van der Waals surface area contributed by atoms with Crippen LogP contribution in [0, 0.1) is 0 Å². The molecule has 48 heavy (non-hydrogen) atoms. The number of carboxylic acid groups (broad SMARTS) is 2. The van der Waals surface area contributed by atoms with Gasteiger partial charge in [0, 0.05) is 32.4 Å². The van der Waals surface area contributed by atoms with E-state index in [1.165, 1.54) is 0 Å². The van der Waals surface area contributed by atoms with Crippen molar-refractivity contribution in [3.05, 3.63) is 0 Å². The maximum Gasteiger partial charge on any atom is 0.326 e. The van der Waals surface area contributed by atoms with Crippen LogP contribution < -0.4 is 21.3 Å². The number of ether oxygens (including phenoxy) is 2. The van der Waals surface area contributed by atoms with Crippen LogP contribution in [0.15, 0.2) is 0 Å². The topological polar surface area (TPSA) is 209 Å². The first-order valence-corrected chi connectivity index (χ1v) is 17.7. The fourth-order valence-corrected chi connectivity index (χ4v) is 4.99. The molecule has 0 heterocycles. The highest BCUT2D eigenvalue weighted by molar-refractivity contribution is 5.84. The Balaban J connectivity index is 3.74. The lowest BCUT2D eigenvalue weighted by atomic mass is 10.0. The molecule has 0 saturated carbocycles. The first kappa shape index (κ1) is 44.9. The number of unbranched alkanes of at least 4 members (excludes halogenated alkanes) is 11. The number of carbonyl (C=O) groups excluding carboxylic acids is 4. The molecule has 6 N–H and O–H groups in total. The molecule has 0 aromatic carbocycles. The smallest absolute Gasteiger partial charge is 0.326 e. The minimum absolute atomic E-state index is 0.0158. The van der Waals surface area contributed by atoms with Gasteiger partial charge in [-0.05, 0) is 52.5 Å². The normalized spacial score (nSPS) is 12.2. The number of carboxylic acids is 2. The van der Waals surface area contributed by atoms with Crippen LogP contribution in [0.4, 0.5) is 0 Å². The molecule has 0 aliphatic carbocycles. The number of hydrogen-bond donors (Lipinski definition) is 6. The predicted octanol–water partition coefficient (Wildman–Crippen LogP) is 3.10. The molecule has 14 heteroatoms. The molecular formula is C34H62N4O10. The fraction of sp³-hybridized carbons (Fsp3) is 0.824. The van der Waals surface area contributed by atoms with E-state index < -0.39 is 18.0 Å². The molecule has 0 spiro atoms. The van der Waals surface area contributed by atoms with Gasteiger partial charge in [-0.15, -0.1) is 0 Å². The lowest BCUT2D eigenvalue weighted by Crippen LogP contribution is -2.41. The second-order valence-electron chi connectivity index (χ2n) is 12.1. The summed E-state index contributed by atoms with van der Waals surface area (Å²) in [6, 6.07) is -1.28. The van der Waals surface area contributed by atoms with Crippen molar-refractivity contribution in [2.75, 3.05) is 46.6 Å². The van der Waals surface area contributed by atoms with Crippen LogP contribution in [-0.4, -0.2) is 104 Å². The molecule has 0 radical (unpaired) electrons. The summed E-state index contributed by atoms with van der Waals surface area (Å²) in [5, 5.41) is 29.0. The van der Waals surface area contributed by atoms with Gasteiger partial charge in [0.1, 0.15) is 18.4 Å². The summed E-state index contributed by atoms with van der Waals surface area (Å²) in [5.74, 6) is -2.71. The van der Waals surface area contributed by atoms with E-state index in [0.717, 1.165) is 83.5 Å². The van der Waals surface area contributed by atoms with Gasteiger partial charge >= 0.3 is 11.9 Å². The third-order valence-electron chi connectivity index (χ3n) is 7.84. The number of likely N-dealkylation sites (N-methyl/N-ethyl adjacent to an activating group) is 1. The van der Waals surface area contributed by atoms with Gasteiger partial charge in [0.15, 0.2) is 0 Å². The van der Waals surface area contributed by atoms with Gasteiger partial charge in [-0.3, -0.25) is 24.0 Å². The molecule has 0 aliphatic rings. The minimum Gasteiger partial charge on any atom is -0.481 e. The van der Waals surface area contributed by atoms with Crippen molar-refractivity contribution in [2.24, 2.45) is 0 Å². The maximum absolute atomic E-state index is 12.2. The average Bonchev–Trinajstić information content (AvgIpc) is 3.03. The molecule has 3 amide bonds. The Bertz CT molecular complexity index is 918. The van der Waals surface area contributed by atoms with E-state index in [-0.39, 0.29) is 88.2 Å². The lowest BCUT2D eigenvalue weighted by Gasteiger charge is -2.14. The average molecular weight is 687 g/mol. The summed E-state index contributed by atoms with van der Waals surface area (Å²) in [6.45, 7) is 2.89. The van der Waals surface area contributed by atoms with Crippen molar-refractivity contribution in [3.8, 4) is 0 Å². The molecular weight excluding hydrogens is 624 g/mol. The van der Waals surface area contributed by atoms with E-state index in [0.29, 0.717) is 13.0 Å². The van der Waals surface area contributed by atoms with Gasteiger partial charge in [-0.25, -0.2) is 4.79 Å². The molecule has 0 saturated heterocycles. The van der Waals surface area contributed by atoms with E-state index >= 15 is 0 Å². The molecule has 0 bridgehead atoms. The highest BCUT2D eigenvalue weighted by Gasteiger charge is 2.20. The Morgan fingerprint density at radius 2 is 1.12 bits per heavy atom. The van der Waals surface area contributed by atoms with Gasteiger partial charge in [0.05, 0.1) is 25.9 Å². The number of ketones is 1. The molecule has 0 rings (SSSR count). The van der Waals surface area contributed by atoms with Crippen molar-refractivity contribution in [1.29, 1.82) is 0 Å². The molecule has 14 nitrogen and oxygen atoms in total. The van der Waals surface area contributed by atoms with Crippen molar-refractivity contribution < 1.29 is 48.5 Å². The van der Waals surface area contributed by atoms with E-state index in [9.17, 15) is 33.9 Å². The zero-order chi connectivity index (χ0) is 35.8. The fourth-order valence-electron chi connectivity index (χ4n) is 4.99. The minimum atomic E-state index is -1.18. The molecule has 0 aromatic heterocycles. The zero-order valence-electron chi connectivity index (χ0n) is 29.3. The van der Waals surface area contributed by atoms with Crippen LogP contribution in [-0.2, 0) is 38.2 Å². The van der Waals surface area contributed by atoms with E-state index in [4.69, 9.17) is 14.6 Å². The third-order valence-corrected chi connectivity index (χ3v) is 7.84. The Morgan fingerprint density at radius 1 is 0.562 bits per heavy atom. The summed E-state index contributed by atoms with van der Waals surface area (Å²) < 4.78 is 10.7. The van der Waals surface area contributed by atoms with E-state index in [1.54, 1.807) is 14.0 Å². The number of carbonyl (C=O) groups is 6. The predicted molar refractivity (Wildman–Crippen MR) is 181 cm³/mol. The Hall–Kier alpha value is -3.10. The number of Topliss-reactive ketones (excluding diaryl/α,β-unsaturated/α-hetero) is 1. The van der Waals surface area contributed by atoms with Gasteiger partial charge in [0.25, 0.3) is 0 Å². The first-order chi connectivity index (χ1) is 23.1. The van der Waals surface area contributed by atoms with Crippen molar-refractivity contribution in [2.45, 2.75) is 135 Å². The third kappa shape index (κ3) is 29.1. The van der Waals surface area contributed by atoms with Gasteiger partial charge in [-0.1, -0.05) is 57.8 Å². The SMILES string of the molecule is CN[C@@H](CCCCNC(=O)COCCOCCNC(=O)CC[C@H](NC(=O)CCCCCCCCCCCCCC(=O)O)C(=O)O)C(C)=O. The van der Waals surface area contributed by atoms with Crippen LogP contribution in [0.3, 0.4) is 0 Å².